The Morgan fingerprint density at radius 1 is 0.547 bits per heavy atom. The number of benzene rings is 5. The van der Waals surface area contributed by atoms with Crippen LogP contribution in [-0.4, -0.2) is 41.1 Å². The van der Waals surface area contributed by atoms with Crippen LogP contribution in [0.25, 0.3) is 86.7 Å². The van der Waals surface area contributed by atoms with Gasteiger partial charge in [0.25, 0.3) is 0 Å². The Balaban J connectivity index is 0.959. The summed E-state index contributed by atoms with van der Waals surface area (Å²) in [5.41, 5.74) is 11.7. The van der Waals surface area contributed by atoms with Crippen molar-refractivity contribution in [2.75, 3.05) is 0 Å². The highest BCUT2D eigenvalue weighted by molar-refractivity contribution is 7.26. The maximum atomic E-state index is 6.27. The molecule has 4 aromatic heterocycles. The van der Waals surface area contributed by atoms with E-state index in [1.807, 2.05) is 11.3 Å². The third-order valence-corrected chi connectivity index (χ3v) is 12.6. The van der Waals surface area contributed by atoms with Gasteiger partial charge in [0.1, 0.15) is 7.85 Å². The molecule has 53 heavy (non-hydrogen) atoms. The van der Waals surface area contributed by atoms with Crippen molar-refractivity contribution in [1.82, 2.24) is 15.0 Å². The highest BCUT2D eigenvalue weighted by Crippen LogP contribution is 2.38. The van der Waals surface area contributed by atoms with Crippen molar-refractivity contribution in [3.05, 3.63) is 127 Å². The van der Waals surface area contributed by atoms with E-state index in [0.717, 1.165) is 60.8 Å². The van der Waals surface area contributed by atoms with Gasteiger partial charge in [-0.2, -0.15) is 0 Å². The predicted octanol–water partition coefficient (Wildman–Crippen LogP) is 9.26. The van der Waals surface area contributed by atoms with Crippen LogP contribution in [0.15, 0.2) is 127 Å². The molecule has 1 aliphatic heterocycles. The number of nitrogens with zero attached hydrogens (tertiary/aromatic N) is 3. The molecule has 10 rings (SSSR count). The van der Waals surface area contributed by atoms with Crippen molar-refractivity contribution in [2.45, 2.75) is 38.9 Å². The van der Waals surface area contributed by atoms with E-state index in [9.17, 15) is 0 Å². The SMILES string of the molecule is Bc1c2ccccc2nc2c1sc1cc(-c3ccc(-c4ccc5ccc6ccc(-c7ccc(B8OC(C)(C)C(C)(C)O8)cc7)nc6c5n4)cc3)ccc12. The third-order valence-electron chi connectivity index (χ3n) is 11.3. The van der Waals surface area contributed by atoms with Gasteiger partial charge in [-0.05, 0) is 73.9 Å². The number of aromatic nitrogens is 3. The molecule has 0 bridgehead atoms. The fourth-order valence-electron chi connectivity index (χ4n) is 7.47. The first-order chi connectivity index (χ1) is 25.6. The molecule has 1 saturated heterocycles. The van der Waals surface area contributed by atoms with E-state index in [4.69, 9.17) is 24.3 Å². The topological polar surface area (TPSA) is 57.1 Å². The van der Waals surface area contributed by atoms with Crippen LogP contribution in [0.1, 0.15) is 27.7 Å². The second-order valence-electron chi connectivity index (χ2n) is 15.1. The zero-order valence-corrected chi connectivity index (χ0v) is 31.1. The quantitative estimate of drug-likeness (QED) is 0.135. The minimum atomic E-state index is -0.396. The monoisotopic (exact) mass is 703 g/mol. The molecular formula is C45H35B2N3O2S. The average molecular weight is 703 g/mol. The lowest BCUT2D eigenvalue weighted by molar-refractivity contribution is 0.00578. The fraction of sp³-hybridized carbons (Fsp3) is 0.133. The lowest BCUT2D eigenvalue weighted by Gasteiger charge is -2.32. The van der Waals surface area contributed by atoms with Gasteiger partial charge in [0.2, 0.25) is 0 Å². The first-order valence-electron chi connectivity index (χ1n) is 18.1. The minimum absolute atomic E-state index is 0.381. The number of pyridine rings is 3. The summed E-state index contributed by atoms with van der Waals surface area (Å²) in [6.45, 7) is 8.31. The maximum absolute atomic E-state index is 6.27. The van der Waals surface area contributed by atoms with Crippen molar-refractivity contribution in [2.24, 2.45) is 0 Å². The van der Waals surface area contributed by atoms with E-state index in [1.165, 1.54) is 36.8 Å². The van der Waals surface area contributed by atoms with Crippen LogP contribution in [0.5, 0.6) is 0 Å². The van der Waals surface area contributed by atoms with Gasteiger partial charge in [0.05, 0.1) is 44.7 Å². The molecule has 0 aliphatic carbocycles. The smallest absolute Gasteiger partial charge is 0.399 e. The van der Waals surface area contributed by atoms with Crippen LogP contribution < -0.4 is 10.9 Å². The zero-order valence-electron chi connectivity index (χ0n) is 30.3. The highest BCUT2D eigenvalue weighted by atomic mass is 32.1. The number of hydrogen-bond donors (Lipinski definition) is 0. The fourth-order valence-corrected chi connectivity index (χ4v) is 8.67. The van der Waals surface area contributed by atoms with Crippen molar-refractivity contribution in [3.8, 4) is 33.6 Å². The minimum Gasteiger partial charge on any atom is -0.399 e. The summed E-state index contributed by atoms with van der Waals surface area (Å²) in [5.74, 6) is 0. The standard InChI is InChI=1S/C45H35B2N3O2S/c1-44(2)45(3,4)52-47(51-44)32-20-15-28(16-21-32)36-24-19-30-14-13-29-18-23-35(48-40(29)41(30)49-36)27-11-9-26(10-12-27)31-17-22-34-38(25-31)53-43-39(46)33-7-5-6-8-37(33)50-42(34)43/h5-25H,46H2,1-4H3. The van der Waals surface area contributed by atoms with E-state index in [2.05, 4.69) is 163 Å². The van der Waals surface area contributed by atoms with Crippen molar-refractivity contribution < 1.29 is 9.31 Å². The molecule has 1 fully saturated rings. The molecule has 1 aliphatic rings. The third kappa shape index (κ3) is 5.27. The van der Waals surface area contributed by atoms with Gasteiger partial charge in [-0.15, -0.1) is 11.3 Å². The van der Waals surface area contributed by atoms with E-state index >= 15 is 0 Å². The summed E-state index contributed by atoms with van der Waals surface area (Å²) in [5, 5.41) is 4.55. The van der Waals surface area contributed by atoms with Gasteiger partial charge < -0.3 is 9.31 Å². The van der Waals surface area contributed by atoms with E-state index in [1.54, 1.807) is 0 Å². The van der Waals surface area contributed by atoms with Crippen LogP contribution >= 0.6 is 11.3 Å². The van der Waals surface area contributed by atoms with Gasteiger partial charge >= 0.3 is 7.12 Å². The predicted molar refractivity (Wildman–Crippen MR) is 225 cm³/mol. The molecule has 9 aromatic rings. The highest BCUT2D eigenvalue weighted by Gasteiger charge is 2.51. The molecule has 0 spiro atoms. The Bertz CT molecular complexity index is 2910. The van der Waals surface area contributed by atoms with Gasteiger partial charge in [-0.3, -0.25) is 0 Å². The van der Waals surface area contributed by atoms with Gasteiger partial charge in [0.15, 0.2) is 0 Å². The van der Waals surface area contributed by atoms with Crippen LogP contribution in [0, 0.1) is 0 Å². The van der Waals surface area contributed by atoms with E-state index in [-0.39, 0.29) is 11.2 Å². The van der Waals surface area contributed by atoms with Crippen LogP contribution in [0.2, 0.25) is 0 Å². The average Bonchev–Trinajstić information content (AvgIpc) is 3.66. The molecule has 5 nitrogen and oxygen atoms in total. The molecule has 5 heterocycles. The van der Waals surface area contributed by atoms with Crippen LogP contribution in [-0.2, 0) is 9.31 Å². The largest absolute Gasteiger partial charge is 0.494 e. The first-order valence-corrected chi connectivity index (χ1v) is 18.9. The second-order valence-corrected chi connectivity index (χ2v) is 16.2. The number of hydrogen-bond acceptors (Lipinski definition) is 6. The Kier molecular flexibility index (Phi) is 7.19. The maximum Gasteiger partial charge on any atom is 0.494 e. The Morgan fingerprint density at radius 2 is 1.09 bits per heavy atom. The molecule has 0 amide bonds. The van der Waals surface area contributed by atoms with Crippen molar-refractivity contribution in [1.29, 1.82) is 0 Å². The Labute approximate surface area is 313 Å². The molecule has 0 radical (unpaired) electrons. The second kappa shape index (κ2) is 11.8. The number of para-hydroxylation sites is 1. The number of rotatable bonds is 4. The first kappa shape index (κ1) is 32.3. The van der Waals surface area contributed by atoms with Crippen molar-refractivity contribution >= 4 is 90.2 Å². The summed E-state index contributed by atoms with van der Waals surface area (Å²) in [6.07, 6.45) is 0. The van der Waals surface area contributed by atoms with Crippen molar-refractivity contribution in [3.63, 3.8) is 0 Å². The normalized spacial score (nSPS) is 15.4. The van der Waals surface area contributed by atoms with Gasteiger partial charge in [0, 0.05) is 36.7 Å². The zero-order chi connectivity index (χ0) is 36.1. The molecule has 8 heteroatoms. The summed E-state index contributed by atoms with van der Waals surface area (Å²) in [4.78, 5) is 15.4. The molecule has 0 saturated carbocycles. The van der Waals surface area contributed by atoms with E-state index in [0.29, 0.717) is 0 Å². The molecule has 0 N–H and O–H groups in total. The lowest BCUT2D eigenvalue weighted by Crippen LogP contribution is -2.41. The van der Waals surface area contributed by atoms with Crippen LogP contribution in [0.4, 0.5) is 0 Å². The molecule has 5 aromatic carbocycles. The van der Waals surface area contributed by atoms with Crippen LogP contribution in [0.3, 0.4) is 0 Å². The Morgan fingerprint density at radius 3 is 1.74 bits per heavy atom. The molecular weight excluding hydrogens is 668 g/mol. The molecule has 254 valence electrons. The number of thiophene rings is 1. The van der Waals surface area contributed by atoms with Gasteiger partial charge in [-0.25, -0.2) is 15.0 Å². The van der Waals surface area contributed by atoms with E-state index < -0.39 is 7.12 Å². The Hall–Kier alpha value is -5.40. The summed E-state index contributed by atoms with van der Waals surface area (Å²) in [7, 11) is 1.81. The molecule has 0 atom stereocenters. The van der Waals surface area contributed by atoms with Gasteiger partial charge in [-0.1, -0.05) is 109 Å². The number of fused-ring (bicyclic) bond motifs is 7. The molecule has 0 unspecified atom stereocenters. The lowest BCUT2D eigenvalue weighted by atomic mass is 9.79. The summed E-state index contributed by atoms with van der Waals surface area (Å²) >= 11 is 1.83. The summed E-state index contributed by atoms with van der Waals surface area (Å²) in [6, 6.07) is 44.9. The summed E-state index contributed by atoms with van der Waals surface area (Å²) < 4.78 is 15.1.